The van der Waals surface area contributed by atoms with Crippen molar-refractivity contribution in [2.24, 2.45) is 5.73 Å². The van der Waals surface area contributed by atoms with Gasteiger partial charge in [0, 0.05) is 17.6 Å². The molecule has 0 bridgehead atoms. The number of amides is 1. The van der Waals surface area contributed by atoms with Gasteiger partial charge in [-0.15, -0.1) is 12.4 Å². The van der Waals surface area contributed by atoms with Crippen molar-refractivity contribution in [3.05, 3.63) is 29.8 Å². The molecule has 3 rings (SSSR count). The van der Waals surface area contributed by atoms with Gasteiger partial charge in [0.05, 0.1) is 12.5 Å². The van der Waals surface area contributed by atoms with Crippen LogP contribution in [0.5, 0.6) is 5.75 Å². The van der Waals surface area contributed by atoms with Crippen molar-refractivity contribution < 1.29 is 9.53 Å². The number of benzene rings is 1. The Morgan fingerprint density at radius 3 is 2.62 bits per heavy atom. The van der Waals surface area contributed by atoms with Gasteiger partial charge in [0.1, 0.15) is 5.75 Å². The van der Waals surface area contributed by atoms with E-state index < -0.39 is 0 Å². The van der Waals surface area contributed by atoms with Gasteiger partial charge in [-0.1, -0.05) is 18.2 Å². The van der Waals surface area contributed by atoms with Gasteiger partial charge in [-0.3, -0.25) is 4.79 Å². The van der Waals surface area contributed by atoms with Crippen LogP contribution in [0.15, 0.2) is 24.3 Å². The monoisotopic (exact) mass is 310 g/mol. The Hall–Kier alpha value is -1.26. The van der Waals surface area contributed by atoms with E-state index in [1.54, 1.807) is 0 Å². The number of fused-ring (bicyclic) bond motifs is 1. The zero-order valence-corrected chi connectivity index (χ0v) is 12.9. The van der Waals surface area contributed by atoms with E-state index in [9.17, 15) is 4.79 Å². The third-order valence-electron chi connectivity index (χ3n) is 4.39. The second-order valence-electron chi connectivity index (χ2n) is 5.85. The molecule has 1 atom stereocenters. The summed E-state index contributed by atoms with van der Waals surface area (Å²) in [4.78, 5) is 12.5. The number of rotatable bonds is 2. The molecule has 1 unspecified atom stereocenters. The van der Waals surface area contributed by atoms with Crippen LogP contribution >= 0.6 is 12.4 Å². The minimum absolute atomic E-state index is 0. The number of ether oxygens (including phenoxy) is 1. The summed E-state index contributed by atoms with van der Waals surface area (Å²) < 4.78 is 5.61. The first-order chi connectivity index (χ1) is 9.74. The topological polar surface area (TPSA) is 64.3 Å². The van der Waals surface area contributed by atoms with Gasteiger partial charge in [-0.25, -0.2) is 0 Å². The fourth-order valence-electron chi connectivity index (χ4n) is 3.18. The van der Waals surface area contributed by atoms with Gasteiger partial charge >= 0.3 is 0 Å². The number of halogens is 1. The number of carbonyl (C=O) groups excluding carboxylic acids is 1. The summed E-state index contributed by atoms with van der Waals surface area (Å²) in [5.41, 5.74) is 6.92. The summed E-state index contributed by atoms with van der Waals surface area (Å²) in [6.07, 6.45) is 4.77. The largest absolute Gasteiger partial charge is 0.493 e. The van der Waals surface area contributed by atoms with E-state index in [2.05, 4.69) is 5.32 Å². The zero-order chi connectivity index (χ0) is 13.9. The molecule has 1 aliphatic heterocycles. The van der Waals surface area contributed by atoms with Crippen LogP contribution < -0.4 is 15.8 Å². The number of nitrogens with one attached hydrogen (secondary N) is 1. The SMILES string of the molecule is Cl.NC1CCC(NC(=O)C2CCOc3ccccc32)CC1. The zero-order valence-electron chi connectivity index (χ0n) is 12.1. The van der Waals surface area contributed by atoms with E-state index >= 15 is 0 Å². The van der Waals surface area contributed by atoms with Crippen LogP contribution in [0.2, 0.25) is 0 Å². The summed E-state index contributed by atoms with van der Waals surface area (Å²) in [6, 6.07) is 8.45. The van der Waals surface area contributed by atoms with Crippen LogP contribution in [0.25, 0.3) is 0 Å². The van der Waals surface area contributed by atoms with Gasteiger partial charge in [0.15, 0.2) is 0 Å². The van der Waals surface area contributed by atoms with E-state index in [0.29, 0.717) is 12.6 Å². The molecule has 1 aromatic carbocycles. The molecule has 1 heterocycles. The van der Waals surface area contributed by atoms with E-state index in [1.165, 1.54) is 0 Å². The number of carbonyl (C=O) groups is 1. The Kier molecular flexibility index (Phi) is 5.48. The predicted octanol–water partition coefficient (Wildman–Crippen LogP) is 2.36. The van der Waals surface area contributed by atoms with E-state index in [-0.39, 0.29) is 30.3 Å². The lowest BCUT2D eigenvalue weighted by atomic mass is 9.89. The number of para-hydroxylation sites is 1. The molecule has 1 aromatic rings. The van der Waals surface area contributed by atoms with E-state index in [0.717, 1.165) is 43.4 Å². The molecule has 21 heavy (non-hydrogen) atoms. The van der Waals surface area contributed by atoms with Crippen molar-refractivity contribution in [1.82, 2.24) is 5.32 Å². The normalized spacial score (nSPS) is 27.8. The third kappa shape index (κ3) is 3.69. The van der Waals surface area contributed by atoms with Gasteiger partial charge in [-0.2, -0.15) is 0 Å². The molecule has 0 radical (unpaired) electrons. The van der Waals surface area contributed by atoms with Crippen molar-refractivity contribution in [2.75, 3.05) is 6.61 Å². The number of hydrogen-bond donors (Lipinski definition) is 2. The highest BCUT2D eigenvalue weighted by molar-refractivity contribution is 5.85. The average Bonchev–Trinajstić information content (AvgIpc) is 2.49. The van der Waals surface area contributed by atoms with Gasteiger partial charge in [0.25, 0.3) is 0 Å². The molecular formula is C16H23ClN2O2. The minimum atomic E-state index is -0.0736. The second-order valence-corrected chi connectivity index (χ2v) is 5.85. The van der Waals surface area contributed by atoms with Crippen molar-refractivity contribution in [1.29, 1.82) is 0 Å². The van der Waals surface area contributed by atoms with Crippen molar-refractivity contribution in [3.63, 3.8) is 0 Å². The molecule has 1 amide bonds. The first-order valence-electron chi connectivity index (χ1n) is 7.51. The maximum absolute atomic E-state index is 12.5. The van der Waals surface area contributed by atoms with Crippen LogP contribution in [0.1, 0.15) is 43.6 Å². The highest BCUT2D eigenvalue weighted by Gasteiger charge is 2.29. The fraction of sp³-hybridized carbons (Fsp3) is 0.562. The number of nitrogens with two attached hydrogens (primary N) is 1. The molecule has 116 valence electrons. The van der Waals surface area contributed by atoms with Crippen molar-refractivity contribution in [3.8, 4) is 5.75 Å². The Labute approximate surface area is 131 Å². The summed E-state index contributed by atoms with van der Waals surface area (Å²) in [7, 11) is 0. The van der Waals surface area contributed by atoms with Crippen LogP contribution in [-0.4, -0.2) is 24.6 Å². The lowest BCUT2D eigenvalue weighted by Gasteiger charge is -2.30. The molecule has 1 fully saturated rings. The number of hydrogen-bond acceptors (Lipinski definition) is 3. The molecule has 0 saturated heterocycles. The first kappa shape index (κ1) is 16.1. The van der Waals surface area contributed by atoms with Crippen molar-refractivity contribution >= 4 is 18.3 Å². The minimum Gasteiger partial charge on any atom is -0.493 e. The second kappa shape index (κ2) is 7.14. The van der Waals surface area contributed by atoms with E-state index in [1.807, 2.05) is 24.3 Å². The van der Waals surface area contributed by atoms with Gasteiger partial charge in [0.2, 0.25) is 5.91 Å². The predicted molar refractivity (Wildman–Crippen MR) is 84.9 cm³/mol. The molecule has 0 aromatic heterocycles. The molecule has 0 spiro atoms. The van der Waals surface area contributed by atoms with Crippen LogP contribution in [0, 0.1) is 0 Å². The fourth-order valence-corrected chi connectivity index (χ4v) is 3.18. The van der Waals surface area contributed by atoms with Crippen molar-refractivity contribution in [2.45, 2.75) is 50.1 Å². The smallest absolute Gasteiger partial charge is 0.228 e. The van der Waals surface area contributed by atoms with Crippen LogP contribution in [-0.2, 0) is 4.79 Å². The van der Waals surface area contributed by atoms with Crippen LogP contribution in [0.4, 0.5) is 0 Å². The molecule has 5 heteroatoms. The Morgan fingerprint density at radius 2 is 1.86 bits per heavy atom. The first-order valence-corrected chi connectivity index (χ1v) is 7.51. The summed E-state index contributed by atoms with van der Waals surface area (Å²) in [6.45, 7) is 0.616. The molecule has 2 aliphatic rings. The summed E-state index contributed by atoms with van der Waals surface area (Å²) in [5.74, 6) is 0.918. The van der Waals surface area contributed by atoms with Gasteiger partial charge < -0.3 is 15.8 Å². The summed E-state index contributed by atoms with van der Waals surface area (Å²) in [5, 5.41) is 3.20. The molecule has 1 saturated carbocycles. The molecule has 3 N–H and O–H groups in total. The maximum Gasteiger partial charge on any atom is 0.228 e. The summed E-state index contributed by atoms with van der Waals surface area (Å²) >= 11 is 0. The Morgan fingerprint density at radius 1 is 1.14 bits per heavy atom. The highest BCUT2D eigenvalue weighted by atomic mass is 35.5. The standard InChI is InChI=1S/C16H22N2O2.ClH/c17-11-5-7-12(8-6-11)18-16(19)14-9-10-20-15-4-2-1-3-13(14)15;/h1-4,11-12,14H,5-10,17H2,(H,18,19);1H. The lowest BCUT2D eigenvalue weighted by molar-refractivity contribution is -0.124. The molecule has 4 nitrogen and oxygen atoms in total. The average molecular weight is 311 g/mol. The van der Waals surface area contributed by atoms with E-state index in [4.69, 9.17) is 10.5 Å². The highest BCUT2D eigenvalue weighted by Crippen LogP contribution is 2.33. The molecular weight excluding hydrogens is 288 g/mol. The maximum atomic E-state index is 12.5. The van der Waals surface area contributed by atoms with Crippen LogP contribution in [0.3, 0.4) is 0 Å². The third-order valence-corrected chi connectivity index (χ3v) is 4.39. The Balaban J connectivity index is 0.00000161. The lowest BCUT2D eigenvalue weighted by Crippen LogP contribution is -2.43. The van der Waals surface area contributed by atoms with Gasteiger partial charge in [-0.05, 0) is 38.2 Å². The Bertz CT molecular complexity index is 487. The quantitative estimate of drug-likeness (QED) is 0.881. The molecule has 1 aliphatic carbocycles.